The van der Waals surface area contributed by atoms with Gasteiger partial charge in [-0.25, -0.2) is 4.39 Å². The van der Waals surface area contributed by atoms with Gasteiger partial charge in [0.15, 0.2) is 0 Å². The van der Waals surface area contributed by atoms with E-state index in [0.717, 1.165) is 5.56 Å². The number of halogens is 1. The highest BCUT2D eigenvalue weighted by Crippen LogP contribution is 2.36. The van der Waals surface area contributed by atoms with Gasteiger partial charge in [0.2, 0.25) is 5.91 Å². The van der Waals surface area contributed by atoms with Gasteiger partial charge in [-0.1, -0.05) is 24.3 Å². The van der Waals surface area contributed by atoms with Crippen molar-refractivity contribution in [1.82, 2.24) is 4.90 Å². The van der Waals surface area contributed by atoms with E-state index in [1.165, 1.54) is 18.2 Å². The second-order valence-electron chi connectivity index (χ2n) is 7.19. The van der Waals surface area contributed by atoms with Gasteiger partial charge < -0.3 is 20.2 Å². The van der Waals surface area contributed by atoms with Crippen LogP contribution in [0.25, 0.3) is 0 Å². The third-order valence-corrected chi connectivity index (χ3v) is 4.72. The van der Waals surface area contributed by atoms with Crippen LogP contribution in [0.4, 0.5) is 4.39 Å². The first kappa shape index (κ1) is 21.1. The number of aliphatic carboxylic acids is 1. The molecule has 0 spiro atoms. The second-order valence-corrected chi connectivity index (χ2v) is 7.19. The van der Waals surface area contributed by atoms with Crippen LogP contribution in [0.3, 0.4) is 0 Å². The maximum absolute atomic E-state index is 13.2. The van der Waals surface area contributed by atoms with Crippen LogP contribution < -0.4 is 0 Å². The summed E-state index contributed by atoms with van der Waals surface area (Å²) in [6, 6.07) is 5.67. The quantitative estimate of drug-likeness (QED) is 0.601. The Labute approximate surface area is 157 Å². The first-order chi connectivity index (χ1) is 12.7. The van der Waals surface area contributed by atoms with E-state index < -0.39 is 24.6 Å². The van der Waals surface area contributed by atoms with Crippen LogP contribution in [-0.2, 0) is 9.59 Å². The van der Waals surface area contributed by atoms with Crippen molar-refractivity contribution in [2.45, 2.75) is 63.3 Å². The highest BCUT2D eigenvalue weighted by atomic mass is 19.1. The maximum Gasteiger partial charge on any atom is 0.305 e. The standard InChI is InChI=1S/C20H26FNO5/c1-12(2)22-18(8-7-15(23)9-16(24)10-20(26)27)17(11-19(22)25)13-3-5-14(21)6-4-13/h3-8,12,15-18,23-24H,9-11H2,1-2H3,(H,26,27)/t15-,16-,17-,18+/m1/s1. The van der Waals surface area contributed by atoms with Gasteiger partial charge in [-0.05, 0) is 31.5 Å². The number of carboxylic acids is 1. The molecule has 1 heterocycles. The van der Waals surface area contributed by atoms with Gasteiger partial charge in [0, 0.05) is 24.8 Å². The van der Waals surface area contributed by atoms with Crippen LogP contribution in [0, 0.1) is 5.82 Å². The lowest BCUT2D eigenvalue weighted by atomic mass is 9.90. The smallest absolute Gasteiger partial charge is 0.305 e. The first-order valence-electron chi connectivity index (χ1n) is 9.02. The molecule has 0 aliphatic carbocycles. The van der Waals surface area contributed by atoms with Gasteiger partial charge in [-0.3, -0.25) is 9.59 Å². The van der Waals surface area contributed by atoms with E-state index in [0.29, 0.717) is 0 Å². The lowest BCUT2D eigenvalue weighted by Gasteiger charge is -2.29. The Morgan fingerprint density at radius 3 is 2.48 bits per heavy atom. The third kappa shape index (κ3) is 5.61. The molecule has 6 nitrogen and oxygen atoms in total. The van der Waals surface area contributed by atoms with Gasteiger partial charge in [-0.15, -0.1) is 0 Å². The third-order valence-electron chi connectivity index (χ3n) is 4.72. The van der Waals surface area contributed by atoms with Crippen molar-refractivity contribution in [2.75, 3.05) is 0 Å². The van der Waals surface area contributed by atoms with Crippen molar-refractivity contribution in [3.63, 3.8) is 0 Å². The number of rotatable bonds is 8. The largest absolute Gasteiger partial charge is 0.481 e. The summed E-state index contributed by atoms with van der Waals surface area (Å²) in [5.74, 6) is -1.68. The predicted octanol–water partition coefficient (Wildman–Crippen LogP) is 2.06. The number of hydrogen-bond acceptors (Lipinski definition) is 4. The van der Waals surface area contributed by atoms with Crippen molar-refractivity contribution in [1.29, 1.82) is 0 Å². The zero-order valence-electron chi connectivity index (χ0n) is 15.5. The Bertz CT molecular complexity index is 688. The highest BCUT2D eigenvalue weighted by molar-refractivity contribution is 5.81. The number of benzene rings is 1. The minimum Gasteiger partial charge on any atom is -0.481 e. The monoisotopic (exact) mass is 379 g/mol. The average molecular weight is 379 g/mol. The van der Waals surface area contributed by atoms with Gasteiger partial charge in [-0.2, -0.15) is 0 Å². The van der Waals surface area contributed by atoms with Gasteiger partial charge in [0.1, 0.15) is 5.82 Å². The Morgan fingerprint density at radius 1 is 1.30 bits per heavy atom. The van der Waals surface area contributed by atoms with Crippen LogP contribution >= 0.6 is 0 Å². The molecule has 0 radical (unpaired) electrons. The molecule has 1 saturated heterocycles. The topological polar surface area (TPSA) is 98.1 Å². The fraction of sp³-hybridized carbons (Fsp3) is 0.500. The van der Waals surface area contributed by atoms with Crippen molar-refractivity contribution >= 4 is 11.9 Å². The Balaban J connectivity index is 2.17. The number of aliphatic hydroxyl groups is 2. The van der Waals surface area contributed by atoms with Crippen molar-refractivity contribution in [3.05, 3.63) is 47.8 Å². The molecule has 1 amide bonds. The minimum atomic E-state index is -1.15. The Morgan fingerprint density at radius 2 is 1.93 bits per heavy atom. The zero-order chi connectivity index (χ0) is 20.1. The number of hydrogen-bond donors (Lipinski definition) is 3. The van der Waals surface area contributed by atoms with Crippen molar-refractivity contribution in [3.8, 4) is 0 Å². The van der Waals surface area contributed by atoms with Crippen molar-refractivity contribution < 1.29 is 29.3 Å². The molecule has 1 aromatic carbocycles. The van der Waals surface area contributed by atoms with E-state index in [1.807, 2.05) is 13.8 Å². The summed E-state index contributed by atoms with van der Waals surface area (Å²) < 4.78 is 13.2. The molecule has 1 aliphatic heterocycles. The van der Waals surface area contributed by atoms with Crippen molar-refractivity contribution in [2.24, 2.45) is 0 Å². The lowest BCUT2D eigenvalue weighted by Crippen LogP contribution is -2.39. The molecule has 27 heavy (non-hydrogen) atoms. The van der Waals surface area contributed by atoms with E-state index in [9.17, 15) is 24.2 Å². The van der Waals surface area contributed by atoms with E-state index >= 15 is 0 Å². The number of likely N-dealkylation sites (tertiary alicyclic amines) is 1. The lowest BCUT2D eigenvalue weighted by molar-refractivity contribution is -0.139. The van der Waals surface area contributed by atoms with Crippen LogP contribution in [-0.4, -0.2) is 56.4 Å². The summed E-state index contributed by atoms with van der Waals surface area (Å²) in [5.41, 5.74) is 0.836. The molecular weight excluding hydrogens is 353 g/mol. The fourth-order valence-electron chi connectivity index (χ4n) is 3.54. The molecular formula is C20H26FNO5. The number of carbonyl (C=O) groups excluding carboxylic acids is 1. The molecule has 0 bridgehead atoms. The number of carboxylic acid groups (broad SMARTS) is 1. The normalized spacial score (nSPS) is 22.6. The molecule has 4 atom stereocenters. The summed E-state index contributed by atoms with van der Waals surface area (Å²) in [6.07, 6.45) is 0.767. The predicted molar refractivity (Wildman–Crippen MR) is 97.6 cm³/mol. The summed E-state index contributed by atoms with van der Waals surface area (Å²) in [7, 11) is 0. The number of amides is 1. The molecule has 0 aromatic heterocycles. The second kappa shape index (κ2) is 9.10. The zero-order valence-corrected chi connectivity index (χ0v) is 15.5. The van der Waals surface area contributed by atoms with E-state index in [1.54, 1.807) is 23.1 Å². The SMILES string of the molecule is CC(C)N1C(=O)C[C@H](c2ccc(F)cc2)[C@@H]1C=C[C@@H](O)C[C@@H](O)CC(=O)O. The van der Waals surface area contributed by atoms with Gasteiger partial charge >= 0.3 is 5.97 Å². The molecule has 2 rings (SSSR count). The van der Waals surface area contributed by atoms with Crippen LogP contribution in [0.5, 0.6) is 0 Å². The fourth-order valence-corrected chi connectivity index (χ4v) is 3.54. The molecule has 1 aromatic rings. The Hall–Kier alpha value is -2.25. The number of nitrogens with zero attached hydrogens (tertiary/aromatic N) is 1. The van der Waals surface area contributed by atoms with Gasteiger partial charge in [0.25, 0.3) is 0 Å². The minimum absolute atomic E-state index is 0.0191. The van der Waals surface area contributed by atoms with Crippen LogP contribution in [0.15, 0.2) is 36.4 Å². The average Bonchev–Trinajstić information content (AvgIpc) is 2.89. The molecule has 3 N–H and O–H groups in total. The summed E-state index contributed by atoms with van der Waals surface area (Å²) in [4.78, 5) is 24.8. The molecule has 148 valence electrons. The Kier molecular flexibility index (Phi) is 7.10. The van der Waals surface area contributed by atoms with E-state index in [-0.39, 0.29) is 42.6 Å². The van der Waals surface area contributed by atoms with Crippen LogP contribution in [0.1, 0.15) is 44.6 Å². The summed E-state index contributed by atoms with van der Waals surface area (Å²) in [5, 5.41) is 28.4. The summed E-state index contributed by atoms with van der Waals surface area (Å²) >= 11 is 0. The molecule has 1 fully saturated rings. The molecule has 7 heteroatoms. The number of carbonyl (C=O) groups is 2. The van der Waals surface area contributed by atoms with Crippen LogP contribution in [0.2, 0.25) is 0 Å². The van der Waals surface area contributed by atoms with E-state index in [4.69, 9.17) is 5.11 Å². The highest BCUT2D eigenvalue weighted by Gasteiger charge is 2.40. The molecule has 1 aliphatic rings. The maximum atomic E-state index is 13.2. The molecule has 0 unspecified atom stereocenters. The summed E-state index contributed by atoms with van der Waals surface area (Å²) in [6.45, 7) is 3.80. The van der Waals surface area contributed by atoms with E-state index in [2.05, 4.69) is 0 Å². The van der Waals surface area contributed by atoms with Gasteiger partial charge in [0.05, 0.1) is 24.7 Å². The first-order valence-corrected chi connectivity index (χ1v) is 9.02. The molecule has 0 saturated carbocycles. The number of aliphatic hydroxyl groups excluding tert-OH is 2.